The second kappa shape index (κ2) is 5.65. The molecule has 0 atom stereocenters. The molecule has 1 amide bonds. The minimum absolute atomic E-state index is 0.00667. The van der Waals surface area contributed by atoms with Gasteiger partial charge in [0, 0.05) is 35.9 Å². The van der Waals surface area contributed by atoms with Gasteiger partial charge in [-0.1, -0.05) is 0 Å². The number of H-pyrrole nitrogens is 1. The van der Waals surface area contributed by atoms with E-state index in [-0.39, 0.29) is 24.5 Å². The van der Waals surface area contributed by atoms with Gasteiger partial charge in [0.1, 0.15) is 11.6 Å². The van der Waals surface area contributed by atoms with Crippen molar-refractivity contribution in [3.63, 3.8) is 0 Å². The van der Waals surface area contributed by atoms with Crippen molar-refractivity contribution in [2.75, 3.05) is 18.5 Å². The van der Waals surface area contributed by atoms with Crippen molar-refractivity contribution in [2.45, 2.75) is 6.42 Å². The van der Waals surface area contributed by atoms with Gasteiger partial charge in [0.05, 0.1) is 23.2 Å². The number of anilines is 1. The smallest absolute Gasteiger partial charge is 0.257 e. The molecule has 6 heteroatoms. The van der Waals surface area contributed by atoms with E-state index in [2.05, 4.69) is 10.3 Å². The molecule has 3 aromatic rings. The average molecular weight is 326 g/mol. The Morgan fingerprint density at radius 1 is 1.21 bits per heavy atom. The highest BCUT2D eigenvalue weighted by atomic mass is 19.1. The molecule has 0 unspecified atom stereocenters. The number of halogens is 1. The number of aromatic amines is 1. The van der Waals surface area contributed by atoms with Gasteiger partial charge in [0.2, 0.25) is 0 Å². The van der Waals surface area contributed by atoms with E-state index >= 15 is 0 Å². The number of carbonyl (C=O) groups is 1. The van der Waals surface area contributed by atoms with E-state index in [0.717, 1.165) is 5.69 Å². The molecule has 24 heavy (non-hydrogen) atoms. The second-order valence-corrected chi connectivity index (χ2v) is 5.61. The highest BCUT2D eigenvalue weighted by molar-refractivity contribution is 6.27. The summed E-state index contributed by atoms with van der Waals surface area (Å²) in [6.07, 6.45) is 2.21. The number of aliphatic hydroxyl groups is 1. The van der Waals surface area contributed by atoms with Gasteiger partial charge in [-0.25, -0.2) is 4.39 Å². The molecule has 122 valence electrons. The molecule has 0 saturated carbocycles. The molecule has 2 aromatic carbocycles. The van der Waals surface area contributed by atoms with Gasteiger partial charge in [-0.05, 0) is 30.3 Å². The summed E-state index contributed by atoms with van der Waals surface area (Å²) in [6, 6.07) is 8.23. The molecule has 0 fully saturated rings. The van der Waals surface area contributed by atoms with Crippen LogP contribution in [0.4, 0.5) is 10.1 Å². The molecule has 0 bridgehead atoms. The molecule has 0 spiro atoms. The summed E-state index contributed by atoms with van der Waals surface area (Å²) < 4.78 is 20.2. The van der Waals surface area contributed by atoms with Crippen LogP contribution in [-0.4, -0.2) is 29.2 Å². The molecule has 0 aliphatic carbocycles. The van der Waals surface area contributed by atoms with Crippen LogP contribution < -0.4 is 10.1 Å². The minimum atomic E-state index is -0.441. The number of rotatable bonds is 5. The molecule has 3 N–H and O–H groups in total. The zero-order chi connectivity index (χ0) is 16.7. The molecule has 0 radical (unpaired) electrons. The minimum Gasteiger partial charge on any atom is -0.493 e. The van der Waals surface area contributed by atoms with Crippen LogP contribution in [0.1, 0.15) is 16.8 Å². The molecule has 1 aliphatic heterocycles. The van der Waals surface area contributed by atoms with Crippen molar-refractivity contribution >= 4 is 22.4 Å². The third kappa shape index (κ3) is 2.15. The van der Waals surface area contributed by atoms with Gasteiger partial charge in [0.25, 0.3) is 5.91 Å². The quantitative estimate of drug-likeness (QED) is 0.630. The number of aliphatic hydroxyl groups excluding tert-OH is 1. The van der Waals surface area contributed by atoms with Crippen molar-refractivity contribution in [1.29, 1.82) is 0 Å². The lowest BCUT2D eigenvalue weighted by atomic mass is 9.96. The summed E-state index contributed by atoms with van der Waals surface area (Å²) in [5.41, 5.74) is 2.43. The predicted octanol–water partition coefficient (Wildman–Crippen LogP) is 3.30. The molecule has 5 nitrogen and oxygen atoms in total. The summed E-state index contributed by atoms with van der Waals surface area (Å²) in [4.78, 5) is 15.5. The summed E-state index contributed by atoms with van der Waals surface area (Å²) in [6.45, 7) is 0.257. The van der Waals surface area contributed by atoms with Crippen molar-refractivity contribution < 1.29 is 19.0 Å². The zero-order valence-electron chi connectivity index (χ0n) is 12.7. The van der Waals surface area contributed by atoms with Crippen molar-refractivity contribution in [1.82, 2.24) is 4.98 Å². The van der Waals surface area contributed by atoms with Crippen LogP contribution in [0.2, 0.25) is 0 Å². The fourth-order valence-electron chi connectivity index (χ4n) is 3.08. The molecular weight excluding hydrogens is 311 g/mol. The number of ether oxygens (including phenoxy) is 1. The standard InChI is InChI=1S/C18H15FN2O3/c19-11-4-5-13-17-15(18(23)21-13)10(12-3-1-6-20-12)9-14(16(11)17)24-8-2-7-22/h1,3-6,9,20,22H,2,7-8H2,(H,21,23). The molecule has 2 heterocycles. The third-order valence-electron chi connectivity index (χ3n) is 4.12. The number of carbonyl (C=O) groups excluding carboxylic acids is 1. The SMILES string of the molecule is O=C1Nc2ccc(F)c3c(OCCCO)cc(-c4ccc[nH]4)c1c23. The fraction of sp³-hybridized carbons (Fsp3) is 0.167. The van der Waals surface area contributed by atoms with Gasteiger partial charge in [-0.3, -0.25) is 4.79 Å². The van der Waals surface area contributed by atoms with E-state index < -0.39 is 5.82 Å². The van der Waals surface area contributed by atoms with Crippen LogP contribution in [0, 0.1) is 5.82 Å². The Morgan fingerprint density at radius 3 is 2.83 bits per heavy atom. The first-order chi connectivity index (χ1) is 11.7. The molecule has 4 rings (SSSR count). The fourth-order valence-corrected chi connectivity index (χ4v) is 3.08. The maximum absolute atomic E-state index is 14.5. The number of amides is 1. The average Bonchev–Trinajstić information content (AvgIpc) is 3.21. The van der Waals surface area contributed by atoms with Crippen LogP contribution in [0.5, 0.6) is 5.75 Å². The van der Waals surface area contributed by atoms with Gasteiger partial charge < -0.3 is 20.1 Å². The van der Waals surface area contributed by atoms with E-state index in [1.54, 1.807) is 18.3 Å². The first-order valence-corrected chi connectivity index (χ1v) is 7.68. The third-order valence-corrected chi connectivity index (χ3v) is 4.12. The normalized spacial score (nSPS) is 12.7. The number of hydrogen-bond donors (Lipinski definition) is 3. The van der Waals surface area contributed by atoms with Gasteiger partial charge >= 0.3 is 0 Å². The number of hydrogen-bond acceptors (Lipinski definition) is 3. The first-order valence-electron chi connectivity index (χ1n) is 7.68. The lowest BCUT2D eigenvalue weighted by molar-refractivity contribution is 0.103. The van der Waals surface area contributed by atoms with Gasteiger partial charge in [-0.15, -0.1) is 0 Å². The van der Waals surface area contributed by atoms with E-state index in [1.165, 1.54) is 6.07 Å². The van der Waals surface area contributed by atoms with Crippen molar-refractivity contribution in [3.8, 4) is 17.0 Å². The monoisotopic (exact) mass is 326 g/mol. The lowest BCUT2D eigenvalue weighted by Crippen LogP contribution is -2.06. The number of benzene rings is 2. The Hall–Kier alpha value is -2.86. The number of nitrogens with one attached hydrogen (secondary N) is 2. The summed E-state index contributed by atoms with van der Waals surface area (Å²) in [7, 11) is 0. The van der Waals surface area contributed by atoms with Crippen molar-refractivity contribution in [3.05, 3.63) is 47.9 Å². The van der Waals surface area contributed by atoms with Crippen LogP contribution in [0.3, 0.4) is 0 Å². The second-order valence-electron chi connectivity index (χ2n) is 5.61. The Balaban J connectivity index is 2.01. The summed E-state index contributed by atoms with van der Waals surface area (Å²) in [5, 5.41) is 12.5. The van der Waals surface area contributed by atoms with Gasteiger partial charge in [-0.2, -0.15) is 0 Å². The molecule has 1 aliphatic rings. The van der Waals surface area contributed by atoms with E-state index in [4.69, 9.17) is 9.84 Å². The Kier molecular flexibility index (Phi) is 3.46. The molecule has 1 aromatic heterocycles. The highest BCUT2D eigenvalue weighted by Gasteiger charge is 2.29. The maximum atomic E-state index is 14.5. The van der Waals surface area contributed by atoms with E-state index in [9.17, 15) is 9.18 Å². The van der Waals surface area contributed by atoms with Crippen molar-refractivity contribution in [2.24, 2.45) is 0 Å². The maximum Gasteiger partial charge on any atom is 0.257 e. The molecular formula is C18H15FN2O3. The number of aromatic nitrogens is 1. The Bertz CT molecular complexity index is 935. The lowest BCUT2D eigenvalue weighted by Gasteiger charge is -2.13. The van der Waals surface area contributed by atoms with Crippen LogP contribution in [0.25, 0.3) is 22.0 Å². The molecule has 0 saturated heterocycles. The van der Waals surface area contributed by atoms with Crippen LogP contribution in [-0.2, 0) is 0 Å². The summed E-state index contributed by atoms with van der Waals surface area (Å²) >= 11 is 0. The van der Waals surface area contributed by atoms with Crippen LogP contribution in [0.15, 0.2) is 36.5 Å². The Morgan fingerprint density at radius 2 is 2.08 bits per heavy atom. The van der Waals surface area contributed by atoms with Gasteiger partial charge in [0.15, 0.2) is 0 Å². The first kappa shape index (κ1) is 14.7. The summed E-state index contributed by atoms with van der Waals surface area (Å²) in [5.74, 6) is -0.335. The van der Waals surface area contributed by atoms with Crippen LogP contribution >= 0.6 is 0 Å². The van der Waals surface area contributed by atoms with E-state index in [0.29, 0.717) is 34.4 Å². The Labute approximate surface area is 137 Å². The highest BCUT2D eigenvalue weighted by Crippen LogP contribution is 2.44. The largest absolute Gasteiger partial charge is 0.493 e. The van der Waals surface area contributed by atoms with E-state index in [1.807, 2.05) is 12.1 Å². The predicted molar refractivity (Wildman–Crippen MR) is 88.8 cm³/mol. The topological polar surface area (TPSA) is 74.3 Å². The zero-order valence-corrected chi connectivity index (χ0v) is 12.7.